The third-order valence-corrected chi connectivity index (χ3v) is 4.28. The number of H-pyrrole nitrogens is 2. The highest BCUT2D eigenvalue weighted by molar-refractivity contribution is 5.99. The van der Waals surface area contributed by atoms with E-state index in [1.165, 1.54) is 0 Å². The van der Waals surface area contributed by atoms with Crippen molar-refractivity contribution in [3.8, 4) is 11.6 Å². The molecule has 1 aromatic carbocycles. The van der Waals surface area contributed by atoms with Crippen molar-refractivity contribution in [2.45, 2.75) is 12.1 Å². The maximum absolute atomic E-state index is 12.4. The number of amides is 3. The van der Waals surface area contributed by atoms with E-state index in [1.54, 1.807) is 24.3 Å². The molecule has 0 bridgehead atoms. The number of aromatic hydroxyl groups is 1. The number of carbonyl (C=O) groups excluding carboxylic acids is 2. The van der Waals surface area contributed by atoms with Crippen LogP contribution in [0.5, 0.6) is 11.6 Å². The Morgan fingerprint density at radius 3 is 2.56 bits per heavy atom. The number of aromatic nitrogens is 2. The maximum atomic E-state index is 12.4. The summed E-state index contributed by atoms with van der Waals surface area (Å²) in [7, 11) is 0. The minimum Gasteiger partial charge on any atom is -0.494 e. The van der Waals surface area contributed by atoms with E-state index in [1.807, 2.05) is 4.98 Å². The molecule has 4 rings (SSSR count). The first-order chi connectivity index (χ1) is 12.0. The van der Waals surface area contributed by atoms with Gasteiger partial charge in [-0.2, -0.15) is 0 Å². The van der Waals surface area contributed by atoms with Crippen molar-refractivity contribution in [1.29, 1.82) is 0 Å². The molecule has 25 heavy (non-hydrogen) atoms. The van der Waals surface area contributed by atoms with Gasteiger partial charge in [0.1, 0.15) is 11.7 Å². The molecule has 0 unspecified atom stereocenters. The van der Waals surface area contributed by atoms with E-state index in [0.29, 0.717) is 11.3 Å². The van der Waals surface area contributed by atoms with Gasteiger partial charge in [0.2, 0.25) is 11.8 Å². The van der Waals surface area contributed by atoms with E-state index in [0.717, 1.165) is 0 Å². The fraction of sp³-hybridized carbons (Fsp3) is 0.200. The smallest absolute Gasteiger partial charge is 0.328 e. The summed E-state index contributed by atoms with van der Waals surface area (Å²) in [5.41, 5.74) is -1.41. The number of para-hydroxylation sites is 1. The molecule has 10 heteroatoms. The molecule has 1 aromatic heterocycles. The zero-order chi connectivity index (χ0) is 17.7. The number of urea groups is 1. The summed E-state index contributed by atoms with van der Waals surface area (Å²) < 4.78 is 5.67. The Labute approximate surface area is 138 Å². The molecule has 128 valence electrons. The van der Waals surface area contributed by atoms with Crippen LogP contribution in [-0.2, 0) is 4.79 Å². The van der Waals surface area contributed by atoms with Crippen LogP contribution >= 0.6 is 0 Å². The summed E-state index contributed by atoms with van der Waals surface area (Å²) >= 11 is 0. The molecule has 3 amide bonds. The van der Waals surface area contributed by atoms with Gasteiger partial charge in [-0.25, -0.2) is 9.59 Å². The second-order valence-electron chi connectivity index (χ2n) is 5.71. The Balaban J connectivity index is 1.98. The van der Waals surface area contributed by atoms with E-state index in [-0.39, 0.29) is 5.56 Å². The molecule has 3 heterocycles. The highest BCUT2D eigenvalue weighted by Crippen LogP contribution is 2.44. The Hall–Kier alpha value is -3.56. The molecule has 2 aromatic rings. The van der Waals surface area contributed by atoms with E-state index in [9.17, 15) is 24.3 Å². The Morgan fingerprint density at radius 1 is 1.04 bits per heavy atom. The predicted molar refractivity (Wildman–Crippen MR) is 82.2 cm³/mol. The third-order valence-electron chi connectivity index (χ3n) is 4.28. The highest BCUT2D eigenvalue weighted by atomic mass is 16.5. The zero-order valence-corrected chi connectivity index (χ0v) is 12.5. The largest absolute Gasteiger partial charge is 0.494 e. The quantitative estimate of drug-likeness (QED) is 0.451. The van der Waals surface area contributed by atoms with Crippen LogP contribution < -0.4 is 26.6 Å². The van der Waals surface area contributed by atoms with Crippen molar-refractivity contribution >= 4 is 11.9 Å². The van der Waals surface area contributed by atoms with E-state index in [2.05, 4.69) is 15.6 Å². The second kappa shape index (κ2) is 5.23. The van der Waals surface area contributed by atoms with Crippen LogP contribution in [0, 0.1) is 5.92 Å². The first-order valence-electron chi connectivity index (χ1n) is 7.38. The summed E-state index contributed by atoms with van der Waals surface area (Å²) in [6.45, 7) is 0. The standard InChI is InChI=1S/C15H12N4O6/c20-10-8(11(21)17-14(23)16-10)7-5-3-1-2-4-6(5)25-13-9(7)12(22)18-15(24)19-13/h1-4,7,9,13H,(H2,18,19,22,24)(H3,16,17,20,21,23)/t7-,9+,13+/m0/s1. The molecule has 1 fully saturated rings. The number of nitrogens with one attached hydrogen (secondary N) is 4. The van der Waals surface area contributed by atoms with E-state index >= 15 is 0 Å². The van der Waals surface area contributed by atoms with Gasteiger partial charge in [-0.1, -0.05) is 18.2 Å². The first kappa shape index (κ1) is 15.0. The SMILES string of the molecule is O=C1NC(=O)[C@H]2[C@H](c3c(O)[nH]c(=O)[nH]c3=O)c3ccccc3O[C@H]2N1. The predicted octanol–water partition coefficient (Wildman–Crippen LogP) is -0.925. The minimum atomic E-state index is -1.02. The number of rotatable bonds is 1. The molecule has 0 radical (unpaired) electrons. The Kier molecular flexibility index (Phi) is 3.14. The zero-order valence-electron chi connectivity index (χ0n) is 12.5. The van der Waals surface area contributed by atoms with Gasteiger partial charge in [-0.3, -0.25) is 24.9 Å². The number of benzene rings is 1. The van der Waals surface area contributed by atoms with Crippen LogP contribution in [0.3, 0.4) is 0 Å². The van der Waals surface area contributed by atoms with Crippen LogP contribution in [0.25, 0.3) is 0 Å². The molecule has 2 aliphatic rings. The average Bonchev–Trinajstić information content (AvgIpc) is 2.52. The van der Waals surface area contributed by atoms with Gasteiger partial charge in [-0.05, 0) is 6.07 Å². The van der Waals surface area contributed by atoms with Crippen LogP contribution in [0.2, 0.25) is 0 Å². The number of hydrogen-bond donors (Lipinski definition) is 5. The Bertz CT molecular complexity index is 1010. The lowest BCUT2D eigenvalue weighted by Crippen LogP contribution is -2.63. The molecule has 0 aliphatic carbocycles. The van der Waals surface area contributed by atoms with Crippen molar-refractivity contribution in [2.75, 3.05) is 0 Å². The molecule has 2 aliphatic heterocycles. The molecule has 10 nitrogen and oxygen atoms in total. The number of fused-ring (bicyclic) bond motifs is 2. The van der Waals surface area contributed by atoms with E-state index < -0.39 is 47.1 Å². The first-order valence-corrected chi connectivity index (χ1v) is 7.38. The summed E-state index contributed by atoms with van der Waals surface area (Å²) in [5.74, 6) is -2.88. The minimum absolute atomic E-state index is 0.184. The summed E-state index contributed by atoms with van der Waals surface area (Å²) in [5, 5.41) is 14.7. The number of carbonyl (C=O) groups is 2. The fourth-order valence-electron chi connectivity index (χ4n) is 3.30. The molecular formula is C15H12N4O6. The second-order valence-corrected chi connectivity index (χ2v) is 5.71. The number of aromatic amines is 2. The van der Waals surface area contributed by atoms with Gasteiger partial charge in [0.05, 0.1) is 5.56 Å². The van der Waals surface area contributed by atoms with Gasteiger partial charge in [0.25, 0.3) is 5.56 Å². The lowest BCUT2D eigenvalue weighted by atomic mass is 9.77. The highest BCUT2D eigenvalue weighted by Gasteiger charge is 2.49. The van der Waals surface area contributed by atoms with E-state index in [4.69, 9.17) is 4.74 Å². The number of imide groups is 1. The summed E-state index contributed by atoms with van der Waals surface area (Å²) in [6.07, 6.45) is -1.02. The molecule has 3 atom stereocenters. The lowest BCUT2D eigenvalue weighted by molar-refractivity contribution is -0.130. The van der Waals surface area contributed by atoms with Crippen molar-refractivity contribution in [2.24, 2.45) is 5.92 Å². The van der Waals surface area contributed by atoms with Gasteiger partial charge < -0.3 is 15.2 Å². The molecule has 5 N–H and O–H groups in total. The number of ether oxygens (including phenoxy) is 1. The molecule has 0 spiro atoms. The lowest BCUT2D eigenvalue weighted by Gasteiger charge is -2.40. The molecular weight excluding hydrogens is 332 g/mol. The van der Waals surface area contributed by atoms with Gasteiger partial charge in [0.15, 0.2) is 6.23 Å². The van der Waals surface area contributed by atoms with Gasteiger partial charge in [-0.15, -0.1) is 0 Å². The van der Waals surface area contributed by atoms with Crippen LogP contribution in [0.15, 0.2) is 33.9 Å². The Morgan fingerprint density at radius 2 is 1.80 bits per heavy atom. The maximum Gasteiger partial charge on any atom is 0.328 e. The molecule has 0 saturated carbocycles. The van der Waals surface area contributed by atoms with Crippen molar-refractivity contribution in [3.05, 3.63) is 56.2 Å². The van der Waals surface area contributed by atoms with Crippen molar-refractivity contribution in [1.82, 2.24) is 20.6 Å². The summed E-state index contributed by atoms with van der Waals surface area (Å²) in [6, 6.07) is 5.92. The van der Waals surface area contributed by atoms with Crippen molar-refractivity contribution < 1.29 is 19.4 Å². The third kappa shape index (κ3) is 2.26. The van der Waals surface area contributed by atoms with Gasteiger partial charge in [0, 0.05) is 11.5 Å². The van der Waals surface area contributed by atoms with Crippen LogP contribution in [-0.4, -0.2) is 33.2 Å². The summed E-state index contributed by atoms with van der Waals surface area (Å²) in [4.78, 5) is 51.8. The normalized spacial score (nSPS) is 24.4. The molecule has 1 saturated heterocycles. The number of hydrogen-bond acceptors (Lipinski definition) is 6. The van der Waals surface area contributed by atoms with Crippen LogP contribution in [0.4, 0.5) is 4.79 Å². The van der Waals surface area contributed by atoms with Crippen LogP contribution in [0.1, 0.15) is 17.0 Å². The fourth-order valence-corrected chi connectivity index (χ4v) is 3.30. The average molecular weight is 344 g/mol. The topological polar surface area (TPSA) is 153 Å². The monoisotopic (exact) mass is 344 g/mol. The van der Waals surface area contributed by atoms with Gasteiger partial charge >= 0.3 is 11.7 Å². The van der Waals surface area contributed by atoms with Crippen molar-refractivity contribution in [3.63, 3.8) is 0 Å².